The van der Waals surface area contributed by atoms with E-state index in [1.54, 1.807) is 6.07 Å². The van der Waals surface area contributed by atoms with E-state index in [4.69, 9.17) is 0 Å². The lowest BCUT2D eigenvalue weighted by atomic mass is 9.96. The Morgan fingerprint density at radius 3 is 2.80 bits per heavy atom. The molecule has 2 N–H and O–H groups in total. The molecule has 2 heterocycles. The predicted octanol–water partition coefficient (Wildman–Crippen LogP) is 3.87. The summed E-state index contributed by atoms with van der Waals surface area (Å²) in [5, 5.41) is 15.1. The predicted molar refractivity (Wildman–Crippen MR) is 81.8 cm³/mol. The molecule has 0 radical (unpaired) electrons. The van der Waals surface area contributed by atoms with Crippen LogP contribution in [0.3, 0.4) is 0 Å². The van der Waals surface area contributed by atoms with Gasteiger partial charge in [0.1, 0.15) is 5.75 Å². The second-order valence-electron chi connectivity index (χ2n) is 5.43. The number of rotatable bonds is 5. The lowest BCUT2D eigenvalue weighted by molar-refractivity contribution is 0.369. The molecular weight excluding hydrogens is 268 g/mol. The van der Waals surface area contributed by atoms with Gasteiger partial charge < -0.3 is 10.4 Å². The first-order chi connectivity index (χ1) is 9.83. The summed E-state index contributed by atoms with van der Waals surface area (Å²) in [7, 11) is 0. The molecule has 0 spiro atoms. The number of aromatic hydroxyl groups is 1. The van der Waals surface area contributed by atoms with Crippen LogP contribution < -0.4 is 5.32 Å². The van der Waals surface area contributed by atoms with Crippen LogP contribution in [0.2, 0.25) is 0 Å². The van der Waals surface area contributed by atoms with Gasteiger partial charge in [0.15, 0.2) is 0 Å². The van der Waals surface area contributed by atoms with Gasteiger partial charge in [-0.2, -0.15) is 0 Å². The molecule has 20 heavy (non-hydrogen) atoms. The van der Waals surface area contributed by atoms with E-state index in [-0.39, 0.29) is 5.75 Å². The number of pyridine rings is 1. The van der Waals surface area contributed by atoms with Gasteiger partial charge in [0.25, 0.3) is 0 Å². The van der Waals surface area contributed by atoms with Crippen molar-refractivity contribution in [3.8, 4) is 5.75 Å². The SMILES string of the molecule is Oc1ccc(CNC(c2cccs2)C2CCCC2)nc1. The Balaban J connectivity index is 1.68. The summed E-state index contributed by atoms with van der Waals surface area (Å²) < 4.78 is 0. The standard InChI is InChI=1S/C16H20N2OS/c19-14-8-7-13(17-11-14)10-18-16(12-4-1-2-5-12)15-6-3-9-20-15/h3,6-9,11-12,16,18-19H,1-2,4-5,10H2. The van der Waals surface area contributed by atoms with Crippen molar-refractivity contribution in [3.05, 3.63) is 46.4 Å². The van der Waals surface area contributed by atoms with Crippen LogP contribution in [0.1, 0.15) is 42.3 Å². The summed E-state index contributed by atoms with van der Waals surface area (Å²) in [5.41, 5.74) is 0.974. The van der Waals surface area contributed by atoms with Crippen molar-refractivity contribution in [1.82, 2.24) is 10.3 Å². The maximum atomic E-state index is 9.28. The van der Waals surface area contributed by atoms with E-state index in [0.717, 1.165) is 18.2 Å². The van der Waals surface area contributed by atoms with Crippen LogP contribution in [-0.2, 0) is 6.54 Å². The Morgan fingerprint density at radius 2 is 2.15 bits per heavy atom. The largest absolute Gasteiger partial charge is 0.506 e. The minimum Gasteiger partial charge on any atom is -0.506 e. The van der Waals surface area contributed by atoms with Crippen molar-refractivity contribution in [1.29, 1.82) is 0 Å². The van der Waals surface area contributed by atoms with E-state index >= 15 is 0 Å². The molecule has 1 fully saturated rings. The zero-order valence-corrected chi connectivity index (χ0v) is 12.3. The highest BCUT2D eigenvalue weighted by Gasteiger charge is 2.26. The van der Waals surface area contributed by atoms with Crippen LogP contribution in [0, 0.1) is 5.92 Å². The average Bonchev–Trinajstić information content (AvgIpc) is 3.14. The number of aromatic nitrogens is 1. The summed E-state index contributed by atoms with van der Waals surface area (Å²) in [4.78, 5) is 5.68. The third-order valence-electron chi connectivity index (χ3n) is 4.03. The molecule has 2 aromatic rings. The van der Waals surface area contributed by atoms with Crippen molar-refractivity contribution in [2.75, 3.05) is 0 Å². The zero-order chi connectivity index (χ0) is 13.8. The minimum atomic E-state index is 0.222. The highest BCUT2D eigenvalue weighted by molar-refractivity contribution is 7.10. The first-order valence-electron chi connectivity index (χ1n) is 7.23. The van der Waals surface area contributed by atoms with Crippen LogP contribution >= 0.6 is 11.3 Å². The molecule has 0 aliphatic heterocycles. The average molecular weight is 288 g/mol. The number of thiophene rings is 1. The van der Waals surface area contributed by atoms with Crippen molar-refractivity contribution in [2.45, 2.75) is 38.3 Å². The maximum Gasteiger partial charge on any atom is 0.133 e. The van der Waals surface area contributed by atoms with E-state index in [1.165, 1.54) is 36.8 Å². The Bertz CT molecular complexity index is 518. The molecule has 0 saturated heterocycles. The van der Waals surface area contributed by atoms with Crippen LogP contribution in [0.25, 0.3) is 0 Å². The fourth-order valence-corrected chi connectivity index (χ4v) is 3.89. The summed E-state index contributed by atoms with van der Waals surface area (Å²) in [6.45, 7) is 0.749. The topological polar surface area (TPSA) is 45.1 Å². The molecule has 0 amide bonds. The molecular formula is C16H20N2OS. The molecule has 3 nitrogen and oxygen atoms in total. The Hall–Kier alpha value is -1.39. The van der Waals surface area contributed by atoms with Crippen molar-refractivity contribution in [3.63, 3.8) is 0 Å². The summed E-state index contributed by atoms with van der Waals surface area (Å²) >= 11 is 1.83. The fraction of sp³-hybridized carbons (Fsp3) is 0.438. The summed E-state index contributed by atoms with van der Waals surface area (Å²) in [6.07, 6.45) is 6.85. The Labute approximate surface area is 123 Å². The number of nitrogens with one attached hydrogen (secondary N) is 1. The molecule has 1 unspecified atom stereocenters. The normalized spacial score (nSPS) is 17.4. The van der Waals surface area contributed by atoms with Gasteiger partial charge in [-0.25, -0.2) is 0 Å². The molecule has 0 aromatic carbocycles. The lowest BCUT2D eigenvalue weighted by Gasteiger charge is -2.23. The zero-order valence-electron chi connectivity index (χ0n) is 11.5. The van der Waals surface area contributed by atoms with Crippen molar-refractivity contribution < 1.29 is 5.11 Å². The molecule has 3 rings (SSSR count). The molecule has 0 bridgehead atoms. The van der Waals surface area contributed by atoms with Crippen LogP contribution in [0.5, 0.6) is 5.75 Å². The maximum absolute atomic E-state index is 9.28. The molecule has 1 saturated carbocycles. The van der Waals surface area contributed by atoms with Gasteiger partial charge in [-0.15, -0.1) is 11.3 Å². The van der Waals surface area contributed by atoms with Crippen molar-refractivity contribution >= 4 is 11.3 Å². The van der Waals surface area contributed by atoms with Gasteiger partial charge in [-0.1, -0.05) is 18.9 Å². The van der Waals surface area contributed by atoms with E-state index in [9.17, 15) is 5.11 Å². The van der Waals surface area contributed by atoms with Gasteiger partial charge in [0.2, 0.25) is 0 Å². The smallest absolute Gasteiger partial charge is 0.133 e. The molecule has 4 heteroatoms. The molecule has 1 aliphatic carbocycles. The van der Waals surface area contributed by atoms with Gasteiger partial charge in [0.05, 0.1) is 11.9 Å². The summed E-state index contributed by atoms with van der Waals surface area (Å²) in [5.74, 6) is 0.963. The third kappa shape index (κ3) is 3.19. The highest BCUT2D eigenvalue weighted by Crippen LogP contribution is 2.37. The van der Waals surface area contributed by atoms with Crippen molar-refractivity contribution in [2.24, 2.45) is 5.92 Å². The number of hydrogen-bond donors (Lipinski definition) is 2. The van der Waals surface area contributed by atoms with E-state index in [2.05, 4.69) is 27.8 Å². The first kappa shape index (κ1) is 13.6. The van der Waals surface area contributed by atoms with Gasteiger partial charge in [0, 0.05) is 17.5 Å². The molecule has 2 aromatic heterocycles. The van der Waals surface area contributed by atoms with Gasteiger partial charge in [-0.3, -0.25) is 4.98 Å². The molecule has 1 aliphatic rings. The fourth-order valence-electron chi connectivity index (χ4n) is 2.99. The number of nitrogens with zero attached hydrogens (tertiary/aromatic N) is 1. The Kier molecular flexibility index (Phi) is 4.33. The minimum absolute atomic E-state index is 0.222. The Morgan fingerprint density at radius 1 is 1.30 bits per heavy atom. The van der Waals surface area contributed by atoms with Crippen LogP contribution in [0.15, 0.2) is 35.8 Å². The van der Waals surface area contributed by atoms with E-state index < -0.39 is 0 Å². The second kappa shape index (κ2) is 6.37. The lowest BCUT2D eigenvalue weighted by Crippen LogP contribution is -2.26. The number of hydrogen-bond acceptors (Lipinski definition) is 4. The summed E-state index contributed by atoms with van der Waals surface area (Å²) in [6, 6.07) is 8.36. The highest BCUT2D eigenvalue weighted by atomic mass is 32.1. The monoisotopic (exact) mass is 288 g/mol. The second-order valence-corrected chi connectivity index (χ2v) is 6.41. The first-order valence-corrected chi connectivity index (χ1v) is 8.11. The van der Waals surface area contributed by atoms with Crippen LogP contribution in [-0.4, -0.2) is 10.1 Å². The third-order valence-corrected chi connectivity index (χ3v) is 4.99. The van der Waals surface area contributed by atoms with Crippen LogP contribution in [0.4, 0.5) is 0 Å². The molecule has 1 atom stereocenters. The van der Waals surface area contributed by atoms with Gasteiger partial charge >= 0.3 is 0 Å². The molecule has 106 valence electrons. The van der Waals surface area contributed by atoms with E-state index in [0.29, 0.717) is 6.04 Å². The van der Waals surface area contributed by atoms with Gasteiger partial charge in [-0.05, 0) is 42.3 Å². The quantitative estimate of drug-likeness (QED) is 0.878. The van der Waals surface area contributed by atoms with E-state index in [1.807, 2.05) is 17.4 Å².